The number of anilines is 1. The SMILES string of the molecule is C=CCn1c(SCC(=O)Nc2ccc(Br)cc2Cl)nnc1C1CCCC1. The number of allylic oxidation sites excluding steroid dienone is 1. The highest BCUT2D eigenvalue weighted by molar-refractivity contribution is 9.10. The van der Waals surface area contributed by atoms with Gasteiger partial charge >= 0.3 is 0 Å². The number of aromatic nitrogens is 3. The summed E-state index contributed by atoms with van der Waals surface area (Å²) in [6.45, 7) is 4.48. The first-order valence-electron chi connectivity index (χ1n) is 8.50. The van der Waals surface area contributed by atoms with Crippen LogP contribution in [0.3, 0.4) is 0 Å². The Morgan fingerprint density at radius 2 is 2.19 bits per heavy atom. The van der Waals surface area contributed by atoms with Crippen molar-refractivity contribution in [2.24, 2.45) is 0 Å². The lowest BCUT2D eigenvalue weighted by molar-refractivity contribution is -0.113. The molecule has 138 valence electrons. The maximum absolute atomic E-state index is 12.3. The van der Waals surface area contributed by atoms with Gasteiger partial charge in [-0.1, -0.05) is 58.2 Å². The highest BCUT2D eigenvalue weighted by atomic mass is 79.9. The highest BCUT2D eigenvalue weighted by Gasteiger charge is 2.24. The molecule has 3 rings (SSSR count). The highest BCUT2D eigenvalue weighted by Crippen LogP contribution is 2.34. The minimum Gasteiger partial charge on any atom is -0.324 e. The number of halogens is 2. The van der Waals surface area contributed by atoms with Crippen molar-refractivity contribution in [2.45, 2.75) is 43.3 Å². The number of carbonyl (C=O) groups excluding carboxylic acids is 1. The van der Waals surface area contributed by atoms with E-state index in [-0.39, 0.29) is 11.7 Å². The first-order chi connectivity index (χ1) is 12.6. The number of nitrogens with zero attached hydrogens (tertiary/aromatic N) is 3. The monoisotopic (exact) mass is 454 g/mol. The first-order valence-corrected chi connectivity index (χ1v) is 10.7. The molecular formula is C18H20BrClN4OS. The first kappa shape index (κ1) is 19.5. The molecule has 1 fully saturated rings. The van der Waals surface area contributed by atoms with E-state index in [1.807, 2.05) is 12.1 Å². The predicted molar refractivity (Wildman–Crippen MR) is 110 cm³/mol. The molecule has 1 aliphatic carbocycles. The summed E-state index contributed by atoms with van der Waals surface area (Å²) >= 11 is 10.9. The number of nitrogens with one attached hydrogen (secondary N) is 1. The van der Waals surface area contributed by atoms with Crippen LogP contribution in [0.5, 0.6) is 0 Å². The molecule has 0 atom stereocenters. The number of benzene rings is 1. The van der Waals surface area contributed by atoms with Crippen LogP contribution in [0, 0.1) is 0 Å². The number of amides is 1. The van der Waals surface area contributed by atoms with Crippen molar-refractivity contribution in [1.82, 2.24) is 14.8 Å². The van der Waals surface area contributed by atoms with Gasteiger partial charge in [0, 0.05) is 16.9 Å². The third kappa shape index (κ3) is 4.69. The molecule has 0 aliphatic heterocycles. The van der Waals surface area contributed by atoms with E-state index in [0.717, 1.165) is 28.3 Å². The van der Waals surface area contributed by atoms with Crippen LogP contribution in [-0.2, 0) is 11.3 Å². The van der Waals surface area contributed by atoms with E-state index in [1.54, 1.807) is 12.1 Å². The van der Waals surface area contributed by atoms with Crippen LogP contribution in [0.4, 0.5) is 5.69 Å². The van der Waals surface area contributed by atoms with Gasteiger partial charge in [-0.25, -0.2) is 0 Å². The van der Waals surface area contributed by atoms with Crippen LogP contribution in [0.2, 0.25) is 5.02 Å². The maximum atomic E-state index is 12.3. The van der Waals surface area contributed by atoms with Crippen LogP contribution in [-0.4, -0.2) is 26.4 Å². The molecule has 26 heavy (non-hydrogen) atoms. The summed E-state index contributed by atoms with van der Waals surface area (Å²) in [5.74, 6) is 1.59. The molecule has 5 nitrogen and oxygen atoms in total. The number of hydrogen-bond acceptors (Lipinski definition) is 4. The third-order valence-electron chi connectivity index (χ3n) is 4.32. The van der Waals surface area contributed by atoms with Crippen LogP contribution in [0.1, 0.15) is 37.4 Å². The van der Waals surface area contributed by atoms with Crippen molar-refractivity contribution in [3.05, 3.63) is 46.2 Å². The fourth-order valence-corrected chi connectivity index (χ4v) is 4.58. The fourth-order valence-electron chi connectivity index (χ4n) is 3.10. The number of rotatable bonds is 7. The standard InChI is InChI=1S/C18H20BrClN4OS/c1-2-9-24-17(12-5-3-4-6-12)22-23-18(24)26-11-16(25)21-15-8-7-13(19)10-14(15)20/h2,7-8,10,12H,1,3-6,9,11H2,(H,21,25). The Labute approximate surface area is 170 Å². The largest absolute Gasteiger partial charge is 0.324 e. The van der Waals surface area contributed by atoms with E-state index < -0.39 is 0 Å². The molecule has 1 amide bonds. The lowest BCUT2D eigenvalue weighted by atomic mass is 10.1. The van der Waals surface area contributed by atoms with Crippen LogP contribution in [0.15, 0.2) is 40.5 Å². The van der Waals surface area contributed by atoms with E-state index in [4.69, 9.17) is 11.6 Å². The second-order valence-electron chi connectivity index (χ2n) is 6.18. The Balaban J connectivity index is 1.65. The van der Waals surface area contributed by atoms with E-state index in [1.165, 1.54) is 24.6 Å². The molecule has 8 heteroatoms. The maximum Gasteiger partial charge on any atom is 0.234 e. The van der Waals surface area contributed by atoms with Crippen LogP contribution in [0.25, 0.3) is 0 Å². The molecule has 1 aromatic heterocycles. The van der Waals surface area contributed by atoms with Gasteiger partial charge in [-0.3, -0.25) is 4.79 Å². The molecule has 0 saturated heterocycles. The van der Waals surface area contributed by atoms with Crippen molar-refractivity contribution in [2.75, 3.05) is 11.1 Å². The molecule has 1 N–H and O–H groups in total. The van der Waals surface area contributed by atoms with Gasteiger partial charge in [0.2, 0.25) is 5.91 Å². The topological polar surface area (TPSA) is 59.8 Å². The summed E-state index contributed by atoms with van der Waals surface area (Å²) < 4.78 is 2.94. The number of hydrogen-bond donors (Lipinski definition) is 1. The molecule has 1 heterocycles. The zero-order chi connectivity index (χ0) is 18.5. The minimum absolute atomic E-state index is 0.130. The summed E-state index contributed by atoms with van der Waals surface area (Å²) in [4.78, 5) is 12.3. The Bertz CT molecular complexity index is 804. The van der Waals surface area contributed by atoms with Gasteiger partial charge in [-0.2, -0.15) is 0 Å². The molecule has 0 radical (unpaired) electrons. The van der Waals surface area contributed by atoms with Crippen molar-refractivity contribution in [3.63, 3.8) is 0 Å². The van der Waals surface area contributed by atoms with Crippen molar-refractivity contribution >= 4 is 50.9 Å². The van der Waals surface area contributed by atoms with E-state index in [0.29, 0.717) is 23.2 Å². The average Bonchev–Trinajstić information content (AvgIpc) is 3.26. The molecule has 1 aliphatic rings. The fraction of sp³-hybridized carbons (Fsp3) is 0.389. The summed E-state index contributed by atoms with van der Waals surface area (Å²) in [6.07, 6.45) is 6.63. The van der Waals surface area contributed by atoms with Crippen LogP contribution >= 0.6 is 39.3 Å². The lowest BCUT2D eigenvalue weighted by Gasteiger charge is -2.12. The number of carbonyl (C=O) groups is 1. The molecule has 1 saturated carbocycles. The normalized spacial score (nSPS) is 14.5. The molecular weight excluding hydrogens is 436 g/mol. The second kappa shape index (κ2) is 9.06. The molecule has 0 spiro atoms. The molecule has 0 bridgehead atoms. The second-order valence-corrected chi connectivity index (χ2v) is 8.45. The zero-order valence-corrected chi connectivity index (χ0v) is 17.4. The zero-order valence-electron chi connectivity index (χ0n) is 14.3. The van der Waals surface area contributed by atoms with Gasteiger partial charge in [0.05, 0.1) is 16.5 Å². The quantitative estimate of drug-likeness (QED) is 0.456. The lowest BCUT2D eigenvalue weighted by Crippen LogP contribution is -2.15. The van der Waals surface area contributed by atoms with Gasteiger partial charge < -0.3 is 9.88 Å². The minimum atomic E-state index is -0.130. The average molecular weight is 456 g/mol. The van der Waals surface area contributed by atoms with Crippen molar-refractivity contribution in [3.8, 4) is 0 Å². The van der Waals surface area contributed by atoms with Crippen molar-refractivity contribution < 1.29 is 4.79 Å². The number of thioether (sulfide) groups is 1. The van der Waals surface area contributed by atoms with Gasteiger partial charge in [-0.15, -0.1) is 16.8 Å². The summed E-state index contributed by atoms with van der Waals surface area (Å²) in [7, 11) is 0. The van der Waals surface area contributed by atoms with Gasteiger partial charge in [0.1, 0.15) is 5.82 Å². The third-order valence-corrected chi connectivity index (χ3v) is 6.09. The summed E-state index contributed by atoms with van der Waals surface area (Å²) in [6, 6.07) is 5.36. The summed E-state index contributed by atoms with van der Waals surface area (Å²) in [5, 5.41) is 12.8. The molecule has 0 unspecified atom stereocenters. The predicted octanol–water partition coefficient (Wildman–Crippen LogP) is 5.27. The van der Waals surface area contributed by atoms with Crippen LogP contribution < -0.4 is 5.32 Å². The smallest absolute Gasteiger partial charge is 0.234 e. The van der Waals surface area contributed by atoms with E-state index in [2.05, 4.69) is 42.6 Å². The van der Waals surface area contributed by atoms with Crippen molar-refractivity contribution in [1.29, 1.82) is 0 Å². The van der Waals surface area contributed by atoms with Gasteiger partial charge in [0.15, 0.2) is 5.16 Å². The molecule has 2 aromatic rings. The van der Waals surface area contributed by atoms with E-state index in [9.17, 15) is 4.79 Å². The van der Waals surface area contributed by atoms with Gasteiger partial charge in [-0.05, 0) is 31.0 Å². The molecule has 1 aromatic carbocycles. The van der Waals surface area contributed by atoms with Gasteiger partial charge in [0.25, 0.3) is 0 Å². The Morgan fingerprint density at radius 3 is 2.88 bits per heavy atom. The summed E-state index contributed by atoms with van der Waals surface area (Å²) in [5.41, 5.74) is 0.597. The Morgan fingerprint density at radius 1 is 1.42 bits per heavy atom. The Hall–Kier alpha value is -1.31. The Kier molecular flexibility index (Phi) is 6.78. The van der Waals surface area contributed by atoms with E-state index >= 15 is 0 Å².